The van der Waals surface area contributed by atoms with E-state index in [0.29, 0.717) is 11.4 Å². The molecule has 0 unspecified atom stereocenters. The van der Waals surface area contributed by atoms with Gasteiger partial charge in [-0.25, -0.2) is 8.42 Å². The van der Waals surface area contributed by atoms with Gasteiger partial charge in [0.25, 0.3) is 21.8 Å². The van der Waals surface area contributed by atoms with Gasteiger partial charge in [0.05, 0.1) is 31.9 Å². The van der Waals surface area contributed by atoms with Crippen LogP contribution in [0.4, 0.5) is 11.5 Å². The highest BCUT2D eigenvalue weighted by molar-refractivity contribution is 7.92. The third kappa shape index (κ3) is 4.83. The van der Waals surface area contributed by atoms with Gasteiger partial charge in [-0.3, -0.25) is 19.2 Å². The fraction of sp³-hybridized carbons (Fsp3) is 0.143. The number of rotatable bonds is 9. The quantitative estimate of drug-likeness (QED) is 0.429. The second-order valence-electron chi connectivity index (χ2n) is 6.90. The van der Waals surface area contributed by atoms with Crippen LogP contribution < -0.4 is 19.5 Å². The van der Waals surface area contributed by atoms with Crippen LogP contribution >= 0.6 is 0 Å². The van der Waals surface area contributed by atoms with E-state index in [1.165, 1.54) is 56.9 Å². The Morgan fingerprint density at radius 1 is 1.06 bits per heavy atom. The van der Waals surface area contributed by atoms with Gasteiger partial charge in [0.2, 0.25) is 5.88 Å². The molecule has 13 heteroatoms. The predicted molar refractivity (Wildman–Crippen MR) is 118 cm³/mol. The molecule has 176 valence electrons. The zero-order valence-electron chi connectivity index (χ0n) is 18.0. The van der Waals surface area contributed by atoms with Gasteiger partial charge in [-0.05, 0) is 36.4 Å². The molecule has 0 spiro atoms. The first-order chi connectivity index (χ1) is 16.3. The zero-order chi connectivity index (χ0) is 24.3. The van der Waals surface area contributed by atoms with E-state index in [2.05, 4.69) is 20.0 Å². The molecular weight excluding hydrogens is 466 g/mol. The standard InChI is InChI=1S/C21H19N5O7S/c1-31-18-11-17(23-21(24-18)32-2)25-34(29,30)15-7-5-13(6-8-15)22-16-10-19(27)26(20(16)28)12-14-4-3-9-33-14/h3-11,22H,12H2,1-2H3,(H,23,24,25). The van der Waals surface area contributed by atoms with Crippen molar-refractivity contribution in [2.45, 2.75) is 11.4 Å². The fourth-order valence-electron chi connectivity index (χ4n) is 3.03. The molecule has 3 aromatic rings. The number of ether oxygens (including phenoxy) is 2. The molecule has 2 amide bonds. The van der Waals surface area contributed by atoms with Crippen LogP contribution in [0.5, 0.6) is 11.9 Å². The van der Waals surface area contributed by atoms with E-state index in [1.807, 2.05) is 0 Å². The SMILES string of the molecule is COc1cc(NS(=O)(=O)c2ccc(NC3=CC(=O)N(Cc4ccco4)C3=O)cc2)nc(OC)n1. The Hall–Kier alpha value is -4.39. The minimum absolute atomic E-state index is 0.00775. The van der Waals surface area contributed by atoms with Gasteiger partial charge in [0.1, 0.15) is 11.5 Å². The van der Waals surface area contributed by atoms with Crippen LogP contribution in [-0.2, 0) is 26.2 Å². The third-order valence-electron chi connectivity index (χ3n) is 4.66. The van der Waals surface area contributed by atoms with Crippen molar-refractivity contribution >= 4 is 33.3 Å². The molecule has 1 aliphatic heterocycles. The summed E-state index contributed by atoms with van der Waals surface area (Å²) in [7, 11) is -1.28. The number of furan rings is 1. The number of sulfonamides is 1. The van der Waals surface area contributed by atoms with Crippen LogP contribution in [0.15, 0.2) is 69.8 Å². The van der Waals surface area contributed by atoms with E-state index in [4.69, 9.17) is 13.9 Å². The molecule has 0 saturated carbocycles. The average Bonchev–Trinajstić information content (AvgIpc) is 3.43. The number of methoxy groups -OCH3 is 2. The highest BCUT2D eigenvalue weighted by Crippen LogP contribution is 2.23. The summed E-state index contributed by atoms with van der Waals surface area (Å²) in [6, 6.07) is 10.2. The maximum Gasteiger partial charge on any atom is 0.321 e. The molecule has 0 bridgehead atoms. The van der Waals surface area contributed by atoms with Gasteiger partial charge in [-0.2, -0.15) is 9.97 Å². The number of carbonyl (C=O) groups excluding carboxylic acids is 2. The van der Waals surface area contributed by atoms with E-state index < -0.39 is 21.8 Å². The second-order valence-corrected chi connectivity index (χ2v) is 8.59. The summed E-state index contributed by atoms with van der Waals surface area (Å²) in [5.74, 6) is -0.455. The summed E-state index contributed by atoms with van der Waals surface area (Å²) in [5, 5.41) is 2.84. The first-order valence-corrected chi connectivity index (χ1v) is 11.2. The van der Waals surface area contributed by atoms with E-state index in [9.17, 15) is 18.0 Å². The Labute approximate surface area is 194 Å². The van der Waals surface area contributed by atoms with Gasteiger partial charge in [0.15, 0.2) is 5.82 Å². The number of benzene rings is 1. The normalized spacial score (nSPS) is 13.6. The number of imide groups is 1. The van der Waals surface area contributed by atoms with Crippen LogP contribution in [0.3, 0.4) is 0 Å². The molecule has 0 aliphatic carbocycles. The first kappa shape index (κ1) is 22.8. The number of carbonyl (C=O) groups is 2. The Bertz CT molecular complexity index is 1330. The van der Waals surface area contributed by atoms with Crippen LogP contribution in [-0.4, -0.2) is 49.3 Å². The number of aromatic nitrogens is 2. The van der Waals surface area contributed by atoms with E-state index in [1.54, 1.807) is 12.1 Å². The summed E-state index contributed by atoms with van der Waals surface area (Å²) in [5.41, 5.74) is 0.474. The minimum atomic E-state index is -4.00. The molecule has 0 radical (unpaired) electrons. The average molecular weight is 485 g/mol. The smallest absolute Gasteiger partial charge is 0.321 e. The molecule has 0 fully saturated rings. The lowest BCUT2D eigenvalue weighted by molar-refractivity contribution is -0.138. The highest BCUT2D eigenvalue weighted by Gasteiger charge is 2.32. The Balaban J connectivity index is 1.45. The van der Waals surface area contributed by atoms with Crippen LogP contribution in [0.25, 0.3) is 0 Å². The van der Waals surface area contributed by atoms with Crippen molar-refractivity contribution in [3.63, 3.8) is 0 Å². The number of nitrogens with one attached hydrogen (secondary N) is 2. The van der Waals surface area contributed by atoms with E-state index in [-0.39, 0.29) is 34.8 Å². The Morgan fingerprint density at radius 2 is 1.82 bits per heavy atom. The third-order valence-corrected chi connectivity index (χ3v) is 6.03. The molecule has 34 heavy (non-hydrogen) atoms. The van der Waals surface area contributed by atoms with Gasteiger partial charge in [-0.15, -0.1) is 0 Å². The van der Waals surface area contributed by atoms with Crippen LogP contribution in [0.2, 0.25) is 0 Å². The minimum Gasteiger partial charge on any atom is -0.481 e. The number of hydrogen-bond acceptors (Lipinski definition) is 10. The molecule has 2 aromatic heterocycles. The van der Waals surface area contributed by atoms with Crippen molar-refractivity contribution in [1.82, 2.24) is 14.9 Å². The number of hydrogen-bond donors (Lipinski definition) is 2. The fourth-order valence-corrected chi connectivity index (χ4v) is 4.02. The lowest BCUT2D eigenvalue weighted by Crippen LogP contribution is -2.31. The number of anilines is 2. The molecule has 4 rings (SSSR count). The van der Waals surface area contributed by atoms with E-state index >= 15 is 0 Å². The number of nitrogens with zero attached hydrogens (tertiary/aromatic N) is 3. The first-order valence-electron chi connectivity index (χ1n) is 9.76. The zero-order valence-corrected chi connectivity index (χ0v) is 18.8. The van der Waals surface area contributed by atoms with Crippen molar-refractivity contribution in [1.29, 1.82) is 0 Å². The van der Waals surface area contributed by atoms with Gasteiger partial charge in [0, 0.05) is 17.8 Å². The second kappa shape index (κ2) is 9.23. The van der Waals surface area contributed by atoms with Crippen molar-refractivity contribution in [3.05, 3.63) is 66.3 Å². The van der Waals surface area contributed by atoms with Crippen molar-refractivity contribution in [2.24, 2.45) is 0 Å². The summed E-state index contributed by atoms with van der Waals surface area (Å²) >= 11 is 0. The lowest BCUT2D eigenvalue weighted by Gasteiger charge is -2.14. The monoisotopic (exact) mass is 485 g/mol. The molecular formula is C21H19N5O7S. The maximum absolute atomic E-state index is 12.7. The molecule has 12 nitrogen and oxygen atoms in total. The molecule has 3 heterocycles. The maximum atomic E-state index is 12.7. The summed E-state index contributed by atoms with van der Waals surface area (Å²) in [6.45, 7) is 0.00775. The topological polar surface area (TPSA) is 153 Å². The van der Waals surface area contributed by atoms with Crippen LogP contribution in [0, 0.1) is 0 Å². The molecule has 1 aliphatic rings. The van der Waals surface area contributed by atoms with Gasteiger partial charge >= 0.3 is 6.01 Å². The largest absolute Gasteiger partial charge is 0.481 e. The number of amides is 2. The van der Waals surface area contributed by atoms with Gasteiger partial charge in [-0.1, -0.05) is 0 Å². The molecule has 0 atom stereocenters. The summed E-state index contributed by atoms with van der Waals surface area (Å²) in [6.07, 6.45) is 2.63. The Morgan fingerprint density at radius 3 is 2.47 bits per heavy atom. The molecule has 1 aromatic carbocycles. The molecule has 2 N–H and O–H groups in total. The summed E-state index contributed by atoms with van der Waals surface area (Å²) < 4.78 is 43.0. The summed E-state index contributed by atoms with van der Waals surface area (Å²) in [4.78, 5) is 33.6. The van der Waals surface area contributed by atoms with E-state index in [0.717, 1.165) is 4.90 Å². The van der Waals surface area contributed by atoms with Crippen molar-refractivity contribution < 1.29 is 31.9 Å². The van der Waals surface area contributed by atoms with Crippen molar-refractivity contribution in [3.8, 4) is 11.9 Å². The van der Waals surface area contributed by atoms with Crippen molar-refractivity contribution in [2.75, 3.05) is 24.3 Å². The van der Waals surface area contributed by atoms with Gasteiger partial charge < -0.3 is 19.2 Å². The molecule has 0 saturated heterocycles. The highest BCUT2D eigenvalue weighted by atomic mass is 32.2. The van der Waals surface area contributed by atoms with Crippen LogP contribution in [0.1, 0.15) is 5.76 Å². The predicted octanol–water partition coefficient (Wildman–Crippen LogP) is 1.75. The Kier molecular flexibility index (Phi) is 6.19. The lowest BCUT2D eigenvalue weighted by atomic mass is 10.3.